The largest absolute Gasteiger partial charge is 0.417 e. The Morgan fingerprint density at radius 3 is 2.58 bits per heavy atom. The van der Waals surface area contributed by atoms with Gasteiger partial charge >= 0.3 is 6.18 Å². The molecule has 1 aromatic carbocycles. The van der Waals surface area contributed by atoms with Crippen molar-refractivity contribution in [2.24, 2.45) is 5.92 Å². The van der Waals surface area contributed by atoms with E-state index in [0.717, 1.165) is 29.4 Å². The van der Waals surface area contributed by atoms with Crippen LogP contribution in [0.3, 0.4) is 0 Å². The quantitative estimate of drug-likeness (QED) is 0.619. The first kappa shape index (κ1) is 23.6. The molecule has 0 aliphatic carbocycles. The van der Waals surface area contributed by atoms with Gasteiger partial charge in [0.15, 0.2) is 0 Å². The summed E-state index contributed by atoms with van der Waals surface area (Å²) in [6.07, 6.45) is 1.76. The van der Waals surface area contributed by atoms with E-state index < -0.39 is 31.7 Å². The van der Waals surface area contributed by atoms with Crippen molar-refractivity contribution in [1.29, 1.82) is 0 Å². The molecule has 1 aromatic heterocycles. The molecule has 0 atom stereocenters. The van der Waals surface area contributed by atoms with E-state index in [4.69, 9.17) is 11.6 Å². The number of carbonyl (C=O) groups is 1. The van der Waals surface area contributed by atoms with E-state index in [1.807, 2.05) is 10.8 Å². The molecule has 31 heavy (non-hydrogen) atoms. The minimum absolute atomic E-state index is 0.0550. The normalized spacial score (nSPS) is 16.4. The highest BCUT2D eigenvalue weighted by Crippen LogP contribution is 2.36. The molecule has 1 amide bonds. The van der Waals surface area contributed by atoms with Crippen LogP contribution in [0.5, 0.6) is 0 Å². The summed E-state index contributed by atoms with van der Waals surface area (Å²) >= 11 is 5.57. The third-order valence-electron chi connectivity index (χ3n) is 5.16. The first-order chi connectivity index (χ1) is 14.6. The molecule has 1 fully saturated rings. The fraction of sp³-hybridized carbons (Fsp3) is 0.474. The Bertz CT molecular complexity index is 1000. The van der Waals surface area contributed by atoms with Gasteiger partial charge in [0.25, 0.3) is 0 Å². The molecule has 0 bridgehead atoms. The fourth-order valence-corrected chi connectivity index (χ4v) is 5.15. The second-order valence-electron chi connectivity index (χ2n) is 7.26. The van der Waals surface area contributed by atoms with Crippen molar-refractivity contribution in [2.45, 2.75) is 36.9 Å². The maximum atomic E-state index is 13.1. The number of alkyl halides is 3. The number of piperidine rings is 1. The van der Waals surface area contributed by atoms with E-state index >= 15 is 0 Å². The van der Waals surface area contributed by atoms with Crippen molar-refractivity contribution in [3.8, 4) is 0 Å². The van der Waals surface area contributed by atoms with E-state index in [-0.39, 0.29) is 24.9 Å². The van der Waals surface area contributed by atoms with E-state index in [0.29, 0.717) is 25.5 Å². The number of aryl methyl sites for hydroxylation is 1. The summed E-state index contributed by atoms with van der Waals surface area (Å²) in [6, 6.07) is 2.55. The van der Waals surface area contributed by atoms with Gasteiger partial charge in [-0.05, 0) is 37.5 Å². The zero-order valence-corrected chi connectivity index (χ0v) is 18.1. The van der Waals surface area contributed by atoms with Crippen molar-refractivity contribution < 1.29 is 26.4 Å². The lowest BCUT2D eigenvalue weighted by atomic mass is 9.97. The van der Waals surface area contributed by atoms with E-state index in [9.17, 15) is 26.4 Å². The summed E-state index contributed by atoms with van der Waals surface area (Å²) in [5, 5.41) is 2.29. The van der Waals surface area contributed by atoms with Gasteiger partial charge in [-0.2, -0.15) is 17.5 Å². The van der Waals surface area contributed by atoms with Crippen LogP contribution in [-0.2, 0) is 27.5 Å². The van der Waals surface area contributed by atoms with Crippen LogP contribution in [0, 0.1) is 5.92 Å². The molecule has 1 N–H and O–H groups in total. The van der Waals surface area contributed by atoms with Crippen molar-refractivity contribution in [1.82, 2.24) is 19.2 Å². The average Bonchev–Trinajstić information content (AvgIpc) is 3.24. The Hall–Kier alpha value is -2.11. The number of imidazole rings is 1. The number of amides is 1. The summed E-state index contributed by atoms with van der Waals surface area (Å²) in [5.41, 5.74) is -1.19. The molecule has 12 heteroatoms. The van der Waals surface area contributed by atoms with E-state index in [2.05, 4.69) is 10.3 Å². The molecule has 7 nitrogen and oxygen atoms in total. The topological polar surface area (TPSA) is 84.3 Å². The van der Waals surface area contributed by atoms with Crippen molar-refractivity contribution in [3.05, 3.63) is 47.5 Å². The van der Waals surface area contributed by atoms with Gasteiger partial charge in [-0.15, -0.1) is 0 Å². The minimum Gasteiger partial charge on any atom is -0.356 e. The highest BCUT2D eigenvalue weighted by atomic mass is 35.5. The van der Waals surface area contributed by atoms with Gasteiger partial charge < -0.3 is 9.88 Å². The minimum atomic E-state index is -4.76. The third-order valence-corrected chi connectivity index (χ3v) is 7.38. The molecule has 170 valence electrons. The first-order valence-corrected chi connectivity index (χ1v) is 11.5. The lowest BCUT2D eigenvalue weighted by Gasteiger charge is -2.30. The second kappa shape index (κ2) is 9.58. The van der Waals surface area contributed by atoms with Crippen molar-refractivity contribution >= 4 is 27.5 Å². The lowest BCUT2D eigenvalue weighted by Crippen LogP contribution is -2.43. The van der Waals surface area contributed by atoms with Crippen LogP contribution in [0.2, 0.25) is 5.02 Å². The van der Waals surface area contributed by atoms with Gasteiger partial charge in [0, 0.05) is 44.5 Å². The number of sulfonamides is 1. The third kappa shape index (κ3) is 5.78. The molecular formula is C19H22ClF3N4O3S. The van der Waals surface area contributed by atoms with Crippen LogP contribution < -0.4 is 5.32 Å². The molecular weight excluding hydrogens is 457 g/mol. The lowest BCUT2D eigenvalue weighted by molar-refractivity contribution is -0.137. The standard InChI is InChI=1S/C19H22ClF3N4O3S/c20-17-3-2-15(12-16(17)19(21,22)23)31(29,30)27-9-4-14(5-10-27)18(28)25-6-1-8-26-11-7-24-13-26/h2-3,7,11-14H,1,4-6,8-10H2,(H,25,28). The molecule has 1 saturated heterocycles. The zero-order chi connectivity index (χ0) is 22.6. The maximum Gasteiger partial charge on any atom is 0.417 e. The second-order valence-corrected chi connectivity index (χ2v) is 9.61. The van der Waals surface area contributed by atoms with Crippen molar-refractivity contribution in [2.75, 3.05) is 19.6 Å². The Morgan fingerprint density at radius 2 is 1.97 bits per heavy atom. The molecule has 2 aromatic rings. The first-order valence-electron chi connectivity index (χ1n) is 9.69. The van der Waals surface area contributed by atoms with Gasteiger partial charge in [0.2, 0.25) is 15.9 Å². The van der Waals surface area contributed by atoms with Crippen molar-refractivity contribution in [3.63, 3.8) is 0 Å². The van der Waals surface area contributed by atoms with Crippen LogP contribution in [0.15, 0.2) is 41.8 Å². The predicted molar refractivity (Wildman–Crippen MR) is 108 cm³/mol. The number of hydrogen-bond donors (Lipinski definition) is 1. The molecule has 2 heterocycles. The molecule has 0 saturated carbocycles. The summed E-state index contributed by atoms with van der Waals surface area (Å²) in [4.78, 5) is 15.8. The Labute approximate surface area is 183 Å². The zero-order valence-electron chi connectivity index (χ0n) is 16.5. The van der Waals surface area contributed by atoms with Crippen LogP contribution in [0.25, 0.3) is 0 Å². The monoisotopic (exact) mass is 478 g/mol. The summed E-state index contributed by atoms with van der Waals surface area (Å²) in [7, 11) is -4.12. The van der Waals surface area contributed by atoms with Crippen LogP contribution in [-0.4, -0.2) is 47.8 Å². The van der Waals surface area contributed by atoms with Gasteiger partial charge in [-0.3, -0.25) is 4.79 Å². The number of rotatable bonds is 7. The van der Waals surface area contributed by atoms with Gasteiger partial charge in [0.1, 0.15) is 0 Å². The van der Waals surface area contributed by atoms with Crippen LogP contribution in [0.1, 0.15) is 24.8 Å². The smallest absolute Gasteiger partial charge is 0.356 e. The molecule has 1 aliphatic heterocycles. The number of hydrogen-bond acceptors (Lipinski definition) is 4. The van der Waals surface area contributed by atoms with Gasteiger partial charge in [-0.25, -0.2) is 13.4 Å². The highest BCUT2D eigenvalue weighted by molar-refractivity contribution is 7.89. The number of aromatic nitrogens is 2. The number of benzene rings is 1. The molecule has 3 rings (SSSR count). The number of nitrogens with zero attached hydrogens (tertiary/aromatic N) is 3. The van der Waals surface area contributed by atoms with E-state index in [1.54, 1.807) is 12.5 Å². The summed E-state index contributed by atoms with van der Waals surface area (Å²) in [5.74, 6) is -0.482. The van der Waals surface area contributed by atoms with Gasteiger partial charge in [-0.1, -0.05) is 11.6 Å². The summed E-state index contributed by atoms with van der Waals surface area (Å²) in [6.45, 7) is 1.32. The molecule has 1 aliphatic rings. The van der Waals surface area contributed by atoms with E-state index in [1.165, 1.54) is 0 Å². The maximum absolute atomic E-state index is 13.1. The highest BCUT2D eigenvalue weighted by Gasteiger charge is 2.37. The Balaban J connectivity index is 1.54. The summed E-state index contributed by atoms with van der Waals surface area (Å²) < 4.78 is 67.8. The molecule has 0 spiro atoms. The molecule has 0 radical (unpaired) electrons. The van der Waals surface area contributed by atoms with Crippen LogP contribution in [0.4, 0.5) is 13.2 Å². The number of halogens is 4. The predicted octanol–water partition coefficient (Wildman–Crippen LogP) is 3.16. The average molecular weight is 479 g/mol. The van der Waals surface area contributed by atoms with Crippen LogP contribution >= 0.6 is 11.6 Å². The van der Waals surface area contributed by atoms with Gasteiger partial charge in [0.05, 0.1) is 21.8 Å². The molecule has 0 unspecified atom stereocenters. The fourth-order valence-electron chi connectivity index (χ4n) is 3.43. The SMILES string of the molecule is O=C(NCCCn1ccnc1)C1CCN(S(=O)(=O)c2ccc(Cl)c(C(F)(F)F)c2)CC1. The Kier molecular flexibility index (Phi) is 7.28. The number of carbonyl (C=O) groups excluding carboxylic acids is 1. The number of nitrogens with one attached hydrogen (secondary N) is 1. The Morgan fingerprint density at radius 1 is 1.26 bits per heavy atom.